The number of carbonyl (C=O) groups is 1. The first kappa shape index (κ1) is 24.9. The number of H-pyrrole nitrogens is 1. The van der Waals surface area contributed by atoms with E-state index in [0.717, 1.165) is 37.9 Å². The number of aryl methyl sites for hydroxylation is 2. The SMILES string of the molecule is Cc1cc(Br)ccc1-n1[nH]c(C)c(C=NC(=O)Nc2ccc(C34CC5CC(CC(C5)C3)C4)cc2Br)c1=O. The van der Waals surface area contributed by atoms with E-state index in [-0.39, 0.29) is 5.56 Å². The summed E-state index contributed by atoms with van der Waals surface area (Å²) in [6, 6.07) is 11.6. The van der Waals surface area contributed by atoms with Crippen LogP contribution in [0.1, 0.15) is 60.9 Å². The molecule has 4 fully saturated rings. The molecule has 2 N–H and O–H groups in total. The van der Waals surface area contributed by atoms with E-state index in [0.29, 0.717) is 22.4 Å². The summed E-state index contributed by atoms with van der Waals surface area (Å²) in [6.07, 6.45) is 9.49. The molecule has 8 heteroatoms. The van der Waals surface area contributed by atoms with Gasteiger partial charge in [0.1, 0.15) is 0 Å². The molecule has 0 unspecified atom stereocenters. The van der Waals surface area contributed by atoms with Crippen LogP contribution in [0.3, 0.4) is 0 Å². The Bertz CT molecular complexity index is 1450. The van der Waals surface area contributed by atoms with E-state index < -0.39 is 6.03 Å². The topological polar surface area (TPSA) is 79.2 Å². The van der Waals surface area contributed by atoms with Crippen molar-refractivity contribution in [3.8, 4) is 5.69 Å². The molecule has 6 nitrogen and oxygen atoms in total. The molecule has 2 amide bonds. The Morgan fingerprint density at radius 2 is 1.73 bits per heavy atom. The van der Waals surface area contributed by atoms with E-state index in [1.165, 1.54) is 55.0 Å². The summed E-state index contributed by atoms with van der Waals surface area (Å²) in [4.78, 5) is 29.8. The Labute approximate surface area is 233 Å². The number of urea groups is 1. The molecule has 4 aliphatic carbocycles. The monoisotopic (exact) mass is 624 g/mol. The molecule has 37 heavy (non-hydrogen) atoms. The summed E-state index contributed by atoms with van der Waals surface area (Å²) in [5.74, 6) is 2.65. The number of halogens is 2. The number of anilines is 1. The van der Waals surface area contributed by atoms with Crippen molar-refractivity contribution in [2.75, 3.05) is 5.32 Å². The molecule has 192 valence electrons. The van der Waals surface area contributed by atoms with Crippen LogP contribution in [-0.2, 0) is 5.41 Å². The van der Waals surface area contributed by atoms with Crippen molar-refractivity contribution in [1.29, 1.82) is 0 Å². The Morgan fingerprint density at radius 1 is 1.05 bits per heavy atom. The van der Waals surface area contributed by atoms with Crippen LogP contribution in [0.5, 0.6) is 0 Å². The lowest BCUT2D eigenvalue weighted by Crippen LogP contribution is -2.48. The van der Waals surface area contributed by atoms with E-state index in [1.807, 2.05) is 31.2 Å². The first-order chi connectivity index (χ1) is 17.7. The summed E-state index contributed by atoms with van der Waals surface area (Å²) < 4.78 is 3.30. The maximum atomic E-state index is 13.0. The van der Waals surface area contributed by atoms with Gasteiger partial charge in [0, 0.05) is 20.9 Å². The Morgan fingerprint density at radius 3 is 2.35 bits per heavy atom. The molecule has 3 aromatic rings. The Kier molecular flexibility index (Phi) is 6.30. The lowest BCUT2D eigenvalue weighted by atomic mass is 9.48. The minimum Gasteiger partial charge on any atom is -0.305 e. The number of aliphatic imine (C=N–C) groups is 1. The molecule has 7 rings (SSSR count). The van der Waals surface area contributed by atoms with Gasteiger partial charge in [0.05, 0.1) is 16.9 Å². The van der Waals surface area contributed by atoms with Gasteiger partial charge in [-0.05, 0) is 133 Å². The number of nitrogens with zero attached hydrogens (tertiary/aromatic N) is 2. The number of aromatic amines is 1. The fraction of sp³-hybridized carbons (Fsp3) is 0.414. The smallest absolute Gasteiger partial charge is 0.305 e. The summed E-state index contributed by atoms with van der Waals surface area (Å²) in [6.45, 7) is 3.74. The maximum absolute atomic E-state index is 13.0. The van der Waals surface area contributed by atoms with Crippen LogP contribution < -0.4 is 10.9 Å². The van der Waals surface area contributed by atoms with Gasteiger partial charge in [-0.1, -0.05) is 22.0 Å². The van der Waals surface area contributed by atoms with Crippen LogP contribution in [0.15, 0.2) is 55.1 Å². The number of amides is 2. The number of hydrogen-bond donors (Lipinski definition) is 2. The Hall–Kier alpha value is -2.45. The van der Waals surface area contributed by atoms with Gasteiger partial charge in [0.2, 0.25) is 0 Å². The van der Waals surface area contributed by atoms with Crippen molar-refractivity contribution in [1.82, 2.24) is 9.78 Å². The van der Waals surface area contributed by atoms with Crippen LogP contribution in [-0.4, -0.2) is 22.0 Å². The number of carbonyl (C=O) groups excluding carboxylic acids is 1. The Balaban J connectivity index is 1.18. The third-order valence-electron chi connectivity index (χ3n) is 8.69. The number of benzene rings is 2. The summed E-state index contributed by atoms with van der Waals surface area (Å²) in [5.41, 5.74) is 4.83. The van der Waals surface area contributed by atoms with Crippen molar-refractivity contribution in [2.24, 2.45) is 22.7 Å². The summed E-state index contributed by atoms with van der Waals surface area (Å²) in [5, 5.41) is 5.96. The van der Waals surface area contributed by atoms with Crippen LogP contribution in [0.2, 0.25) is 0 Å². The predicted molar refractivity (Wildman–Crippen MR) is 154 cm³/mol. The summed E-state index contributed by atoms with van der Waals surface area (Å²) in [7, 11) is 0. The zero-order chi connectivity index (χ0) is 25.9. The average molecular weight is 626 g/mol. The van der Waals surface area contributed by atoms with Gasteiger partial charge in [0.25, 0.3) is 5.56 Å². The maximum Gasteiger partial charge on any atom is 0.345 e. The molecule has 4 bridgehead atoms. The minimum atomic E-state index is -0.519. The molecule has 4 saturated carbocycles. The van der Waals surface area contributed by atoms with Gasteiger partial charge in [-0.3, -0.25) is 9.89 Å². The molecule has 0 radical (unpaired) electrons. The van der Waals surface area contributed by atoms with Gasteiger partial charge in [-0.2, -0.15) is 0 Å². The second-order valence-corrected chi connectivity index (χ2v) is 13.1. The van der Waals surface area contributed by atoms with E-state index >= 15 is 0 Å². The fourth-order valence-electron chi connectivity index (χ4n) is 7.43. The highest BCUT2D eigenvalue weighted by molar-refractivity contribution is 9.10. The standard InChI is InChI=1S/C29H30Br2N4O2/c1-16-7-22(30)4-6-26(16)35-27(36)23(17(2)34-35)15-32-28(37)33-25-5-3-21(11-24(25)31)29-12-18-8-19(13-29)10-20(9-18)14-29/h3-7,11,15,18-20,34H,8-10,12-14H2,1-2H3,(H,33,37). The van der Waals surface area contributed by atoms with E-state index in [4.69, 9.17) is 0 Å². The molecule has 0 saturated heterocycles. The van der Waals surface area contributed by atoms with Crippen molar-refractivity contribution in [3.05, 3.63) is 78.1 Å². The molecule has 4 aliphatic rings. The molecular weight excluding hydrogens is 596 g/mol. The largest absolute Gasteiger partial charge is 0.345 e. The molecular formula is C29H30Br2N4O2. The first-order valence-corrected chi connectivity index (χ1v) is 14.5. The number of rotatable bonds is 4. The van der Waals surface area contributed by atoms with Gasteiger partial charge in [-0.15, -0.1) is 0 Å². The molecule has 1 heterocycles. The molecule has 0 aliphatic heterocycles. The summed E-state index contributed by atoms with van der Waals surface area (Å²) >= 11 is 7.14. The highest BCUT2D eigenvalue weighted by Gasteiger charge is 2.51. The second-order valence-electron chi connectivity index (χ2n) is 11.3. The fourth-order valence-corrected chi connectivity index (χ4v) is 8.39. The first-order valence-electron chi connectivity index (χ1n) is 12.9. The van der Waals surface area contributed by atoms with Gasteiger partial charge < -0.3 is 5.32 Å². The van der Waals surface area contributed by atoms with E-state index in [1.54, 1.807) is 6.92 Å². The van der Waals surface area contributed by atoms with E-state index in [2.05, 4.69) is 59.4 Å². The lowest BCUT2D eigenvalue weighted by molar-refractivity contribution is -0.00520. The zero-order valence-electron chi connectivity index (χ0n) is 21.0. The molecule has 2 aromatic carbocycles. The van der Waals surface area contributed by atoms with Gasteiger partial charge in [0.15, 0.2) is 0 Å². The van der Waals surface area contributed by atoms with Crippen molar-refractivity contribution in [3.63, 3.8) is 0 Å². The quantitative estimate of drug-likeness (QED) is 0.296. The average Bonchev–Trinajstić information content (AvgIpc) is 3.11. The number of hydrogen-bond acceptors (Lipinski definition) is 2. The van der Waals surface area contributed by atoms with Gasteiger partial charge >= 0.3 is 6.03 Å². The number of aromatic nitrogens is 2. The second kappa shape index (κ2) is 9.38. The third kappa shape index (κ3) is 4.56. The van der Waals surface area contributed by atoms with Crippen molar-refractivity contribution < 1.29 is 4.79 Å². The normalized spacial score (nSPS) is 26.2. The highest BCUT2D eigenvalue weighted by Crippen LogP contribution is 2.61. The molecule has 0 spiro atoms. The van der Waals surface area contributed by atoms with Crippen molar-refractivity contribution in [2.45, 2.75) is 57.8 Å². The minimum absolute atomic E-state index is 0.249. The van der Waals surface area contributed by atoms with Crippen LogP contribution >= 0.6 is 31.9 Å². The van der Waals surface area contributed by atoms with Gasteiger partial charge in [-0.25, -0.2) is 14.5 Å². The van der Waals surface area contributed by atoms with Crippen LogP contribution in [0, 0.1) is 31.6 Å². The van der Waals surface area contributed by atoms with Crippen LogP contribution in [0.25, 0.3) is 5.69 Å². The zero-order valence-corrected chi connectivity index (χ0v) is 24.2. The lowest BCUT2D eigenvalue weighted by Gasteiger charge is -2.57. The highest BCUT2D eigenvalue weighted by atomic mass is 79.9. The van der Waals surface area contributed by atoms with E-state index in [9.17, 15) is 9.59 Å². The third-order valence-corrected chi connectivity index (χ3v) is 9.84. The molecule has 0 atom stereocenters. The molecule has 1 aromatic heterocycles. The van der Waals surface area contributed by atoms with Crippen LogP contribution in [0.4, 0.5) is 10.5 Å². The number of nitrogens with one attached hydrogen (secondary N) is 2. The van der Waals surface area contributed by atoms with Crippen molar-refractivity contribution >= 4 is 49.8 Å². The predicted octanol–water partition coefficient (Wildman–Crippen LogP) is 7.43.